The van der Waals surface area contributed by atoms with Gasteiger partial charge in [-0.25, -0.2) is 4.79 Å². The molecule has 140 valence electrons. The summed E-state index contributed by atoms with van der Waals surface area (Å²) >= 11 is 0. The van der Waals surface area contributed by atoms with Gasteiger partial charge in [-0.2, -0.15) is 4.98 Å². The second-order valence-corrected chi connectivity index (χ2v) is 6.94. The van der Waals surface area contributed by atoms with Gasteiger partial charge in [0, 0.05) is 19.0 Å². The largest absolute Gasteiger partial charge is 0.480 e. The molecule has 2 aromatic rings. The van der Waals surface area contributed by atoms with Gasteiger partial charge >= 0.3 is 5.97 Å². The van der Waals surface area contributed by atoms with E-state index in [2.05, 4.69) is 10.3 Å². The SMILES string of the molecule is CCC(C)C(NC(=O)C1CCN(c2nc3ccccc3o2)CC1)C(=O)O. The number of nitrogens with zero attached hydrogens (tertiary/aromatic N) is 2. The van der Waals surface area contributed by atoms with Gasteiger partial charge in [0.1, 0.15) is 11.6 Å². The molecule has 7 nitrogen and oxygen atoms in total. The fraction of sp³-hybridized carbons (Fsp3) is 0.526. The Labute approximate surface area is 152 Å². The van der Waals surface area contributed by atoms with Gasteiger partial charge < -0.3 is 19.7 Å². The van der Waals surface area contributed by atoms with Crippen molar-refractivity contribution in [3.8, 4) is 0 Å². The summed E-state index contributed by atoms with van der Waals surface area (Å²) in [7, 11) is 0. The molecule has 26 heavy (non-hydrogen) atoms. The second kappa shape index (κ2) is 7.76. The molecule has 1 aliphatic heterocycles. The number of fused-ring (bicyclic) bond motifs is 1. The fourth-order valence-electron chi connectivity index (χ4n) is 3.28. The summed E-state index contributed by atoms with van der Waals surface area (Å²) in [6.07, 6.45) is 2.00. The first-order chi connectivity index (χ1) is 12.5. The fourth-order valence-corrected chi connectivity index (χ4v) is 3.28. The number of carbonyl (C=O) groups excluding carboxylic acids is 1. The monoisotopic (exact) mass is 359 g/mol. The number of piperidine rings is 1. The van der Waals surface area contributed by atoms with Crippen LogP contribution in [0.4, 0.5) is 6.01 Å². The maximum Gasteiger partial charge on any atom is 0.326 e. The Hall–Kier alpha value is -2.57. The summed E-state index contributed by atoms with van der Waals surface area (Å²) in [6, 6.07) is 7.36. The Bertz CT molecular complexity index is 747. The van der Waals surface area contributed by atoms with E-state index in [0.717, 1.165) is 11.1 Å². The molecular formula is C19H25N3O4. The molecule has 1 aromatic heterocycles. The van der Waals surface area contributed by atoms with Gasteiger partial charge in [-0.1, -0.05) is 32.4 Å². The van der Waals surface area contributed by atoms with Crippen LogP contribution in [0.3, 0.4) is 0 Å². The zero-order chi connectivity index (χ0) is 18.7. The maximum atomic E-state index is 12.5. The van der Waals surface area contributed by atoms with Gasteiger partial charge in [-0.05, 0) is 30.9 Å². The van der Waals surface area contributed by atoms with E-state index < -0.39 is 12.0 Å². The molecule has 2 heterocycles. The van der Waals surface area contributed by atoms with Gasteiger partial charge in [0.2, 0.25) is 5.91 Å². The zero-order valence-corrected chi connectivity index (χ0v) is 15.1. The Morgan fingerprint density at radius 2 is 2.04 bits per heavy atom. The molecule has 1 aromatic carbocycles. The number of aromatic nitrogens is 1. The first-order valence-corrected chi connectivity index (χ1v) is 9.13. The molecular weight excluding hydrogens is 334 g/mol. The van der Waals surface area contributed by atoms with Gasteiger partial charge in [0.15, 0.2) is 5.58 Å². The molecule has 1 saturated heterocycles. The average molecular weight is 359 g/mol. The Balaban J connectivity index is 1.59. The van der Waals surface area contributed by atoms with Gasteiger partial charge in [0.05, 0.1) is 0 Å². The molecule has 2 atom stereocenters. The molecule has 0 radical (unpaired) electrons. The normalized spacial score (nSPS) is 17.8. The summed E-state index contributed by atoms with van der Waals surface area (Å²) in [5.41, 5.74) is 1.57. The van der Waals surface area contributed by atoms with Crippen LogP contribution in [0, 0.1) is 11.8 Å². The van der Waals surface area contributed by atoms with Crippen LogP contribution in [0.15, 0.2) is 28.7 Å². The van der Waals surface area contributed by atoms with Crippen molar-refractivity contribution in [3.63, 3.8) is 0 Å². The van der Waals surface area contributed by atoms with Crippen molar-refractivity contribution in [2.45, 2.75) is 39.2 Å². The molecule has 2 unspecified atom stereocenters. The second-order valence-electron chi connectivity index (χ2n) is 6.94. The number of nitrogens with one attached hydrogen (secondary N) is 1. The van der Waals surface area contributed by atoms with E-state index in [1.165, 1.54) is 0 Å². The number of carboxylic acid groups (broad SMARTS) is 1. The summed E-state index contributed by atoms with van der Waals surface area (Å²) < 4.78 is 5.78. The number of carboxylic acids is 1. The summed E-state index contributed by atoms with van der Waals surface area (Å²) in [5.74, 6) is -1.43. The molecule has 3 rings (SSSR count). The first kappa shape index (κ1) is 18.2. The zero-order valence-electron chi connectivity index (χ0n) is 15.1. The highest BCUT2D eigenvalue weighted by Gasteiger charge is 2.31. The molecule has 0 bridgehead atoms. The first-order valence-electron chi connectivity index (χ1n) is 9.13. The number of carbonyl (C=O) groups is 2. The van der Waals surface area contributed by atoms with E-state index in [1.807, 2.05) is 43.0 Å². The molecule has 1 aliphatic rings. The van der Waals surface area contributed by atoms with E-state index in [1.54, 1.807) is 0 Å². The third kappa shape index (κ3) is 3.81. The number of hydrogen-bond donors (Lipinski definition) is 2. The van der Waals surface area contributed by atoms with Crippen LogP contribution in [0.2, 0.25) is 0 Å². The highest BCUT2D eigenvalue weighted by Crippen LogP contribution is 2.26. The van der Waals surface area contributed by atoms with Crippen LogP contribution in [-0.2, 0) is 9.59 Å². The number of rotatable bonds is 6. The van der Waals surface area contributed by atoms with Crippen molar-refractivity contribution in [3.05, 3.63) is 24.3 Å². The minimum atomic E-state index is -0.975. The Kier molecular flexibility index (Phi) is 5.44. The molecule has 7 heteroatoms. The predicted octanol–water partition coefficient (Wildman–Crippen LogP) is 2.66. The standard InChI is InChI=1S/C19H25N3O4/c1-3-12(2)16(18(24)25)21-17(23)13-8-10-22(11-9-13)19-20-14-6-4-5-7-15(14)26-19/h4-7,12-13,16H,3,8-11H2,1-2H3,(H,21,23)(H,24,25). The summed E-state index contributed by atoms with van der Waals surface area (Å²) in [6.45, 7) is 5.08. The van der Waals surface area contributed by atoms with Gasteiger partial charge in [-0.3, -0.25) is 4.79 Å². The smallest absolute Gasteiger partial charge is 0.326 e. The van der Waals surface area contributed by atoms with Crippen LogP contribution >= 0.6 is 0 Å². The molecule has 0 saturated carbocycles. The van der Waals surface area contributed by atoms with Gasteiger partial charge in [-0.15, -0.1) is 0 Å². The third-order valence-corrected chi connectivity index (χ3v) is 5.20. The molecule has 1 amide bonds. The summed E-state index contributed by atoms with van der Waals surface area (Å²) in [5, 5.41) is 12.1. The molecule has 2 N–H and O–H groups in total. The van der Waals surface area contributed by atoms with Crippen LogP contribution in [0.1, 0.15) is 33.1 Å². The number of benzene rings is 1. The average Bonchev–Trinajstić information content (AvgIpc) is 3.09. The molecule has 1 fully saturated rings. The van der Waals surface area contributed by atoms with Crippen molar-refractivity contribution in [2.24, 2.45) is 11.8 Å². The lowest BCUT2D eigenvalue weighted by Gasteiger charge is -2.31. The lowest BCUT2D eigenvalue weighted by molar-refractivity contribution is -0.144. The van der Waals surface area contributed by atoms with Crippen LogP contribution < -0.4 is 10.2 Å². The maximum absolute atomic E-state index is 12.5. The minimum Gasteiger partial charge on any atom is -0.480 e. The summed E-state index contributed by atoms with van der Waals surface area (Å²) in [4.78, 5) is 30.4. The van der Waals surface area contributed by atoms with Gasteiger partial charge in [0.25, 0.3) is 6.01 Å². The van der Waals surface area contributed by atoms with Crippen LogP contribution in [-0.4, -0.2) is 41.1 Å². The van der Waals surface area contributed by atoms with Crippen molar-refractivity contribution < 1.29 is 19.1 Å². The van der Waals surface area contributed by atoms with Crippen molar-refractivity contribution in [1.29, 1.82) is 0 Å². The Morgan fingerprint density at radius 3 is 2.65 bits per heavy atom. The third-order valence-electron chi connectivity index (χ3n) is 5.20. The highest BCUT2D eigenvalue weighted by atomic mass is 16.4. The van der Waals surface area contributed by atoms with Crippen molar-refractivity contribution in [1.82, 2.24) is 10.3 Å². The van der Waals surface area contributed by atoms with E-state index in [0.29, 0.717) is 38.4 Å². The quantitative estimate of drug-likeness (QED) is 0.823. The minimum absolute atomic E-state index is 0.101. The van der Waals surface area contributed by atoms with Crippen molar-refractivity contribution >= 4 is 29.0 Å². The molecule has 0 spiro atoms. The number of para-hydroxylation sites is 2. The van der Waals surface area contributed by atoms with E-state index in [4.69, 9.17) is 4.42 Å². The number of anilines is 1. The number of aliphatic carboxylic acids is 1. The lowest BCUT2D eigenvalue weighted by Crippen LogP contribution is -2.49. The highest BCUT2D eigenvalue weighted by molar-refractivity contribution is 5.85. The molecule has 0 aliphatic carbocycles. The number of amides is 1. The number of hydrogen-bond acceptors (Lipinski definition) is 5. The van der Waals surface area contributed by atoms with E-state index in [-0.39, 0.29) is 17.7 Å². The predicted molar refractivity (Wildman–Crippen MR) is 98.0 cm³/mol. The van der Waals surface area contributed by atoms with Crippen molar-refractivity contribution in [2.75, 3.05) is 18.0 Å². The van der Waals surface area contributed by atoms with Crippen LogP contribution in [0.25, 0.3) is 11.1 Å². The topological polar surface area (TPSA) is 95.7 Å². The van der Waals surface area contributed by atoms with Crippen LogP contribution in [0.5, 0.6) is 0 Å². The van der Waals surface area contributed by atoms with E-state index >= 15 is 0 Å². The number of oxazole rings is 1. The Morgan fingerprint density at radius 1 is 1.35 bits per heavy atom. The van der Waals surface area contributed by atoms with E-state index in [9.17, 15) is 14.7 Å². The lowest BCUT2D eigenvalue weighted by atomic mass is 9.94.